The van der Waals surface area contributed by atoms with Gasteiger partial charge < -0.3 is 9.84 Å². The maximum Gasteiger partial charge on any atom is 0.430 e. The van der Waals surface area contributed by atoms with Crippen LogP contribution in [0, 0.1) is 0 Å². The first kappa shape index (κ1) is 19.0. The van der Waals surface area contributed by atoms with Crippen molar-refractivity contribution in [3.05, 3.63) is 69.2 Å². The number of aldehydes is 1. The maximum absolute atomic E-state index is 13.2. The summed E-state index contributed by atoms with van der Waals surface area (Å²) in [6, 6.07) is 9.41. The first-order valence-electron chi connectivity index (χ1n) is 7.74. The van der Waals surface area contributed by atoms with Gasteiger partial charge in [0.05, 0.1) is 5.57 Å². The van der Waals surface area contributed by atoms with Crippen LogP contribution in [0.3, 0.4) is 0 Å². The highest BCUT2D eigenvalue weighted by molar-refractivity contribution is 6.31. The average Bonchev–Trinajstić information content (AvgIpc) is 2.61. The second kappa shape index (κ2) is 7.08. The fourth-order valence-corrected chi connectivity index (χ4v) is 2.98. The predicted molar refractivity (Wildman–Crippen MR) is 92.2 cm³/mol. The largest absolute Gasteiger partial charge is 0.478 e. The van der Waals surface area contributed by atoms with Gasteiger partial charge in [-0.05, 0) is 35.8 Å². The molecule has 1 aliphatic rings. The number of aliphatic carboxylic acids is 1. The van der Waals surface area contributed by atoms with E-state index in [2.05, 4.69) is 0 Å². The minimum absolute atomic E-state index is 0.0914. The summed E-state index contributed by atoms with van der Waals surface area (Å²) in [6.07, 6.45) is -5.49. The molecular weight excluding hydrogens is 385 g/mol. The van der Waals surface area contributed by atoms with Gasteiger partial charge in [0.2, 0.25) is 6.10 Å². The molecule has 0 aromatic heterocycles. The number of carbonyl (C=O) groups is 2. The zero-order chi connectivity index (χ0) is 19.8. The van der Waals surface area contributed by atoms with E-state index in [4.69, 9.17) is 21.4 Å². The van der Waals surface area contributed by atoms with Crippen LogP contribution in [0.25, 0.3) is 6.08 Å². The van der Waals surface area contributed by atoms with Crippen molar-refractivity contribution in [1.82, 2.24) is 0 Å². The van der Waals surface area contributed by atoms with Gasteiger partial charge >= 0.3 is 12.1 Å². The van der Waals surface area contributed by atoms with E-state index in [1.165, 1.54) is 12.1 Å². The van der Waals surface area contributed by atoms with Gasteiger partial charge in [-0.3, -0.25) is 4.79 Å². The average molecular weight is 397 g/mol. The predicted octanol–water partition coefficient (Wildman–Crippen LogP) is 4.53. The molecule has 0 amide bonds. The van der Waals surface area contributed by atoms with Crippen molar-refractivity contribution in [1.29, 1.82) is 0 Å². The van der Waals surface area contributed by atoms with E-state index in [0.717, 1.165) is 11.6 Å². The van der Waals surface area contributed by atoms with Crippen LogP contribution >= 0.6 is 11.6 Å². The molecule has 8 heteroatoms. The Balaban J connectivity index is 1.98. The van der Waals surface area contributed by atoms with Crippen molar-refractivity contribution in [3.8, 4) is 5.75 Å². The van der Waals surface area contributed by atoms with Crippen LogP contribution in [0.2, 0.25) is 5.02 Å². The molecule has 27 heavy (non-hydrogen) atoms. The lowest BCUT2D eigenvalue weighted by Crippen LogP contribution is -2.40. The minimum atomic E-state index is -4.87. The Morgan fingerprint density at radius 2 is 1.89 bits per heavy atom. The van der Waals surface area contributed by atoms with Gasteiger partial charge in [0.25, 0.3) is 0 Å². The number of carbonyl (C=O) groups excluding carboxylic acids is 1. The van der Waals surface area contributed by atoms with Gasteiger partial charge in [-0.1, -0.05) is 35.9 Å². The van der Waals surface area contributed by atoms with E-state index in [1.807, 2.05) is 0 Å². The van der Waals surface area contributed by atoms with E-state index < -0.39 is 23.8 Å². The number of carboxylic acids is 1. The molecule has 3 rings (SSSR count). The third-order valence-corrected chi connectivity index (χ3v) is 4.42. The number of rotatable bonds is 4. The molecule has 1 atom stereocenters. The lowest BCUT2D eigenvalue weighted by atomic mass is 9.97. The summed E-state index contributed by atoms with van der Waals surface area (Å²) in [6.45, 7) is 0. The number of carboxylic acid groups (broad SMARTS) is 1. The minimum Gasteiger partial charge on any atom is -0.478 e. The van der Waals surface area contributed by atoms with Gasteiger partial charge in [0, 0.05) is 16.1 Å². The molecule has 2 aromatic carbocycles. The molecule has 2 aromatic rings. The molecule has 0 saturated heterocycles. The van der Waals surface area contributed by atoms with Gasteiger partial charge in [-0.2, -0.15) is 13.2 Å². The number of hydrogen-bond donors (Lipinski definition) is 1. The Morgan fingerprint density at radius 3 is 2.44 bits per heavy atom. The second-order valence-electron chi connectivity index (χ2n) is 5.96. The number of benzene rings is 2. The number of fused-ring (bicyclic) bond motifs is 1. The van der Waals surface area contributed by atoms with Crippen LogP contribution in [0.5, 0.6) is 5.75 Å². The van der Waals surface area contributed by atoms with E-state index in [1.54, 1.807) is 24.3 Å². The zero-order valence-electron chi connectivity index (χ0n) is 13.6. The summed E-state index contributed by atoms with van der Waals surface area (Å²) in [4.78, 5) is 21.9. The molecule has 1 N–H and O–H groups in total. The molecule has 0 aliphatic carbocycles. The zero-order valence-corrected chi connectivity index (χ0v) is 14.3. The molecule has 0 fully saturated rings. The van der Waals surface area contributed by atoms with Gasteiger partial charge in [0.1, 0.15) is 12.0 Å². The standard InChI is InChI=1S/C19H12ClF3O4/c20-15-7-13-6-14(18(25)26)17(19(21,22)23)27-16(13)8-12(15)5-10-1-3-11(9-24)4-2-10/h1-4,6-9,17H,5H2,(H,25,26). The Bertz CT molecular complexity index is 933. The van der Waals surface area contributed by atoms with Crippen molar-refractivity contribution in [2.24, 2.45) is 0 Å². The highest BCUT2D eigenvalue weighted by Gasteiger charge is 2.48. The molecule has 140 valence electrons. The third-order valence-electron chi connectivity index (χ3n) is 4.07. The van der Waals surface area contributed by atoms with Crippen LogP contribution in [-0.4, -0.2) is 29.6 Å². The summed E-state index contributed by atoms with van der Waals surface area (Å²) in [5.41, 5.74) is 1.08. The number of ether oxygens (including phenoxy) is 1. The topological polar surface area (TPSA) is 63.6 Å². The fraction of sp³-hybridized carbons (Fsp3) is 0.158. The lowest BCUT2D eigenvalue weighted by Gasteiger charge is -2.27. The third kappa shape index (κ3) is 3.98. The quantitative estimate of drug-likeness (QED) is 0.771. The van der Waals surface area contributed by atoms with Crippen LogP contribution < -0.4 is 4.74 Å². The van der Waals surface area contributed by atoms with Gasteiger partial charge in [-0.15, -0.1) is 0 Å². The molecular formula is C19H12ClF3O4. The lowest BCUT2D eigenvalue weighted by molar-refractivity contribution is -0.187. The smallest absolute Gasteiger partial charge is 0.430 e. The van der Waals surface area contributed by atoms with Crippen molar-refractivity contribution in [3.63, 3.8) is 0 Å². The molecule has 1 unspecified atom stereocenters. The molecule has 0 bridgehead atoms. The highest BCUT2D eigenvalue weighted by Crippen LogP contribution is 2.39. The van der Waals surface area contributed by atoms with E-state index in [-0.39, 0.29) is 16.3 Å². The molecule has 4 nitrogen and oxygen atoms in total. The van der Waals surface area contributed by atoms with Gasteiger partial charge in [-0.25, -0.2) is 4.79 Å². The van der Waals surface area contributed by atoms with Crippen LogP contribution in [0.4, 0.5) is 13.2 Å². The van der Waals surface area contributed by atoms with E-state index >= 15 is 0 Å². The monoisotopic (exact) mass is 396 g/mol. The highest BCUT2D eigenvalue weighted by atomic mass is 35.5. The van der Waals surface area contributed by atoms with Crippen molar-refractivity contribution >= 4 is 29.9 Å². The molecule has 0 saturated carbocycles. The number of hydrogen-bond acceptors (Lipinski definition) is 3. The maximum atomic E-state index is 13.2. The van der Waals surface area contributed by atoms with Crippen LogP contribution in [-0.2, 0) is 11.2 Å². The second-order valence-corrected chi connectivity index (χ2v) is 6.37. The van der Waals surface area contributed by atoms with E-state index in [0.29, 0.717) is 23.8 Å². The summed E-state index contributed by atoms with van der Waals surface area (Å²) < 4.78 is 44.4. The van der Waals surface area contributed by atoms with Crippen molar-refractivity contribution in [2.75, 3.05) is 0 Å². The first-order valence-corrected chi connectivity index (χ1v) is 8.11. The summed E-state index contributed by atoms with van der Waals surface area (Å²) >= 11 is 6.21. The normalized spacial score (nSPS) is 16.1. The first-order chi connectivity index (χ1) is 12.7. The van der Waals surface area contributed by atoms with Crippen molar-refractivity contribution in [2.45, 2.75) is 18.7 Å². The SMILES string of the molecule is O=Cc1ccc(Cc2cc3c(cc2Cl)C=C(C(=O)O)C(C(F)(F)F)O3)cc1. The summed E-state index contributed by atoms with van der Waals surface area (Å²) in [5.74, 6) is -1.80. The molecule has 0 spiro atoms. The molecule has 1 aliphatic heterocycles. The summed E-state index contributed by atoms with van der Waals surface area (Å²) in [5, 5.41) is 9.32. The Morgan fingerprint density at radius 1 is 1.22 bits per heavy atom. The summed E-state index contributed by atoms with van der Waals surface area (Å²) in [7, 11) is 0. The van der Waals surface area contributed by atoms with Crippen LogP contribution in [0.1, 0.15) is 27.0 Å². The van der Waals surface area contributed by atoms with Gasteiger partial charge in [0.15, 0.2) is 0 Å². The van der Waals surface area contributed by atoms with Crippen LogP contribution in [0.15, 0.2) is 42.0 Å². The molecule has 1 heterocycles. The van der Waals surface area contributed by atoms with Crippen molar-refractivity contribution < 1.29 is 32.6 Å². The number of alkyl halides is 3. The fourth-order valence-electron chi connectivity index (χ4n) is 2.75. The van der Waals surface area contributed by atoms with E-state index in [9.17, 15) is 22.8 Å². The molecule has 0 radical (unpaired) electrons. The Labute approximate surface area is 156 Å². The Hall–Kier alpha value is -2.80. The Kier molecular flexibility index (Phi) is 4.97. The number of halogens is 4.